The Labute approximate surface area is 137 Å². The lowest BCUT2D eigenvalue weighted by Gasteiger charge is -2.17. The second-order valence-electron chi connectivity index (χ2n) is 4.91. The third-order valence-electron chi connectivity index (χ3n) is 3.38. The van der Waals surface area contributed by atoms with Crippen LogP contribution < -0.4 is 0 Å². The van der Waals surface area contributed by atoms with Crippen molar-refractivity contribution in [2.45, 2.75) is 17.9 Å². The number of aliphatic imine (C=N–C) groups is 1. The monoisotopic (exact) mass is 330 g/mol. The van der Waals surface area contributed by atoms with E-state index in [2.05, 4.69) is 11.1 Å². The first-order chi connectivity index (χ1) is 10.6. The van der Waals surface area contributed by atoms with Crippen LogP contribution in [-0.2, 0) is 5.75 Å². The third-order valence-corrected chi connectivity index (χ3v) is 5.74. The second-order valence-corrected chi connectivity index (χ2v) is 7.46. The van der Waals surface area contributed by atoms with Gasteiger partial charge in [0.15, 0.2) is 0 Å². The zero-order valence-corrected chi connectivity index (χ0v) is 13.6. The van der Waals surface area contributed by atoms with Crippen molar-refractivity contribution in [2.24, 2.45) is 4.99 Å². The maximum Gasteiger partial charge on any atom is 0.269 e. The van der Waals surface area contributed by atoms with Crippen molar-refractivity contribution in [3.8, 4) is 0 Å². The summed E-state index contributed by atoms with van der Waals surface area (Å²) in [6.07, 6.45) is 0. The number of nitrogens with zero attached hydrogens (tertiary/aromatic N) is 2. The van der Waals surface area contributed by atoms with Crippen LogP contribution >= 0.6 is 23.5 Å². The molecule has 3 rings (SSSR count). The van der Waals surface area contributed by atoms with Gasteiger partial charge in [-0.1, -0.05) is 53.9 Å². The minimum absolute atomic E-state index is 0.122. The molecule has 1 atom stereocenters. The number of benzene rings is 2. The normalized spacial score (nSPS) is 14.9. The lowest BCUT2D eigenvalue weighted by molar-refractivity contribution is -0.384. The van der Waals surface area contributed by atoms with Gasteiger partial charge in [0.1, 0.15) is 4.38 Å². The number of hydrogen-bond acceptors (Lipinski definition) is 5. The molecule has 1 aliphatic rings. The first-order valence-corrected chi connectivity index (χ1v) is 8.70. The quantitative estimate of drug-likeness (QED) is 0.564. The van der Waals surface area contributed by atoms with E-state index in [1.807, 2.05) is 31.2 Å². The largest absolute Gasteiger partial charge is 0.269 e. The fourth-order valence-corrected chi connectivity index (χ4v) is 4.49. The molecule has 0 spiro atoms. The second kappa shape index (κ2) is 6.54. The van der Waals surface area contributed by atoms with Gasteiger partial charge in [-0.25, -0.2) is 4.99 Å². The lowest BCUT2D eigenvalue weighted by Crippen LogP contribution is -1.99. The molecule has 0 aliphatic carbocycles. The minimum Gasteiger partial charge on any atom is -0.258 e. The van der Waals surface area contributed by atoms with E-state index in [0.717, 1.165) is 21.4 Å². The van der Waals surface area contributed by atoms with E-state index in [1.165, 1.54) is 11.6 Å². The average molecular weight is 330 g/mol. The first-order valence-electron chi connectivity index (χ1n) is 6.84. The lowest BCUT2D eigenvalue weighted by atomic mass is 10.1. The molecule has 2 aromatic rings. The van der Waals surface area contributed by atoms with E-state index in [-0.39, 0.29) is 15.9 Å². The molecule has 0 radical (unpaired) electrons. The van der Waals surface area contributed by atoms with Crippen molar-refractivity contribution in [3.63, 3.8) is 0 Å². The van der Waals surface area contributed by atoms with Gasteiger partial charge in [0.05, 0.1) is 10.6 Å². The van der Waals surface area contributed by atoms with Gasteiger partial charge in [-0.2, -0.15) is 0 Å². The van der Waals surface area contributed by atoms with E-state index >= 15 is 0 Å². The first kappa shape index (κ1) is 15.1. The highest BCUT2D eigenvalue weighted by Gasteiger charge is 2.17. The Morgan fingerprint density at radius 2 is 2.09 bits per heavy atom. The molecule has 1 aliphatic heterocycles. The van der Waals surface area contributed by atoms with E-state index in [0.29, 0.717) is 0 Å². The van der Waals surface area contributed by atoms with Crippen molar-refractivity contribution >= 4 is 39.3 Å². The molecule has 0 unspecified atom stereocenters. The molecule has 0 amide bonds. The average Bonchev–Trinajstić information content (AvgIpc) is 2.55. The number of rotatable bonds is 3. The summed E-state index contributed by atoms with van der Waals surface area (Å²) in [5, 5.41) is 11.0. The Balaban J connectivity index is 1.78. The van der Waals surface area contributed by atoms with Crippen LogP contribution in [0.2, 0.25) is 0 Å². The number of nitro groups is 1. The van der Waals surface area contributed by atoms with Crippen molar-refractivity contribution in [3.05, 3.63) is 69.8 Å². The zero-order valence-electron chi connectivity index (χ0n) is 11.9. The summed E-state index contributed by atoms with van der Waals surface area (Å²) in [5.74, 6) is 0.920. The molecule has 0 bridgehead atoms. The molecule has 22 heavy (non-hydrogen) atoms. The highest BCUT2D eigenvalue weighted by atomic mass is 32.2. The molecule has 1 heterocycles. The van der Waals surface area contributed by atoms with Crippen molar-refractivity contribution < 1.29 is 4.92 Å². The van der Waals surface area contributed by atoms with Crippen LogP contribution in [0, 0.1) is 10.1 Å². The number of thioether (sulfide) groups is 2. The Morgan fingerprint density at radius 1 is 1.27 bits per heavy atom. The number of fused-ring (bicyclic) bond motifs is 1. The summed E-state index contributed by atoms with van der Waals surface area (Å²) in [4.78, 5) is 15.2. The maximum absolute atomic E-state index is 10.9. The Kier molecular flexibility index (Phi) is 4.49. The summed E-state index contributed by atoms with van der Waals surface area (Å²) in [5.41, 5.74) is 3.35. The van der Waals surface area contributed by atoms with Crippen LogP contribution in [0.1, 0.15) is 23.3 Å². The zero-order chi connectivity index (χ0) is 15.5. The molecular formula is C16H14N2O2S2. The fraction of sp³-hybridized carbons (Fsp3) is 0.188. The van der Waals surface area contributed by atoms with Crippen molar-refractivity contribution in [1.29, 1.82) is 0 Å². The van der Waals surface area contributed by atoms with Crippen molar-refractivity contribution in [1.82, 2.24) is 0 Å². The molecular weight excluding hydrogens is 316 g/mol. The summed E-state index contributed by atoms with van der Waals surface area (Å²) in [6.45, 7) is 2.05. The van der Waals surface area contributed by atoms with Crippen LogP contribution in [0.4, 0.5) is 11.4 Å². The predicted molar refractivity (Wildman–Crippen MR) is 93.9 cm³/mol. The van der Waals surface area contributed by atoms with Gasteiger partial charge in [0, 0.05) is 23.1 Å². The Morgan fingerprint density at radius 3 is 2.91 bits per heavy atom. The number of nitro benzene ring substituents is 1. The Hall–Kier alpha value is -1.79. The molecule has 0 N–H and O–H groups in total. The van der Waals surface area contributed by atoms with Gasteiger partial charge < -0.3 is 0 Å². The van der Waals surface area contributed by atoms with Crippen molar-refractivity contribution in [2.75, 3.05) is 0 Å². The SMILES string of the molecule is C[C@@H](SC1=Nc2ccccc2CS1)c1cccc([N+](=O)[O-])c1. The van der Waals surface area contributed by atoms with Gasteiger partial charge in [-0.15, -0.1) is 0 Å². The maximum atomic E-state index is 10.9. The third kappa shape index (κ3) is 3.34. The number of non-ortho nitro benzene ring substituents is 1. The van der Waals surface area contributed by atoms with Crippen LogP contribution in [0.15, 0.2) is 53.5 Å². The Bertz CT molecular complexity index is 746. The predicted octanol–water partition coefficient (Wildman–Crippen LogP) is 5.32. The van der Waals surface area contributed by atoms with Crippen LogP contribution in [0.25, 0.3) is 0 Å². The van der Waals surface area contributed by atoms with Gasteiger partial charge in [-0.3, -0.25) is 10.1 Å². The molecule has 2 aromatic carbocycles. The molecule has 0 fully saturated rings. The topological polar surface area (TPSA) is 55.5 Å². The van der Waals surface area contributed by atoms with Gasteiger partial charge in [0.2, 0.25) is 0 Å². The smallest absolute Gasteiger partial charge is 0.258 e. The number of hydrogen-bond donors (Lipinski definition) is 0. The van der Waals surface area contributed by atoms with Crippen LogP contribution in [-0.4, -0.2) is 9.30 Å². The molecule has 6 heteroatoms. The molecule has 0 aromatic heterocycles. The van der Waals surface area contributed by atoms with Gasteiger partial charge in [-0.05, 0) is 24.1 Å². The highest BCUT2D eigenvalue weighted by molar-refractivity contribution is 8.38. The summed E-state index contributed by atoms with van der Waals surface area (Å²) in [6, 6.07) is 14.9. The van der Waals surface area contributed by atoms with E-state index in [4.69, 9.17) is 0 Å². The summed E-state index contributed by atoms with van der Waals surface area (Å²) >= 11 is 3.37. The summed E-state index contributed by atoms with van der Waals surface area (Å²) < 4.78 is 1.01. The van der Waals surface area contributed by atoms with Crippen LogP contribution in [0.5, 0.6) is 0 Å². The van der Waals surface area contributed by atoms with Crippen LogP contribution in [0.3, 0.4) is 0 Å². The van der Waals surface area contributed by atoms with E-state index < -0.39 is 0 Å². The summed E-state index contributed by atoms with van der Waals surface area (Å²) in [7, 11) is 0. The minimum atomic E-state index is -0.357. The number of para-hydroxylation sites is 1. The standard InChI is InChI=1S/C16H14N2O2S2/c1-11(12-6-4-7-14(9-12)18(19)20)22-16-17-15-8-3-2-5-13(15)10-21-16/h2-9,11H,10H2,1H3/t11-/m1/s1. The molecule has 112 valence electrons. The van der Waals surface area contributed by atoms with E-state index in [1.54, 1.807) is 35.7 Å². The van der Waals surface area contributed by atoms with E-state index in [9.17, 15) is 10.1 Å². The van der Waals surface area contributed by atoms with Gasteiger partial charge >= 0.3 is 0 Å². The molecule has 0 saturated heterocycles. The fourth-order valence-electron chi connectivity index (χ4n) is 2.18. The molecule has 4 nitrogen and oxygen atoms in total. The van der Waals surface area contributed by atoms with Gasteiger partial charge in [0.25, 0.3) is 5.69 Å². The molecule has 0 saturated carbocycles. The highest BCUT2D eigenvalue weighted by Crippen LogP contribution is 2.40.